The number of methoxy groups -OCH3 is 4. The van der Waals surface area contributed by atoms with Crippen LogP contribution in [0, 0.1) is 0 Å². The van der Waals surface area contributed by atoms with E-state index in [0.717, 1.165) is 0 Å². The summed E-state index contributed by atoms with van der Waals surface area (Å²) < 4.78 is 47.7. The summed E-state index contributed by atoms with van der Waals surface area (Å²) in [5.74, 6) is 0.385. The fourth-order valence-electron chi connectivity index (χ4n) is 3.59. The van der Waals surface area contributed by atoms with Gasteiger partial charge in [-0.3, -0.25) is 9.59 Å². The lowest BCUT2D eigenvalue weighted by atomic mass is 10.1. The Labute approximate surface area is 198 Å². The Bertz CT molecular complexity index is 1210. The fourth-order valence-corrected chi connectivity index (χ4v) is 5.36. The van der Waals surface area contributed by atoms with Crippen molar-refractivity contribution >= 4 is 26.7 Å². The molecule has 0 saturated heterocycles. The Kier molecular flexibility index (Phi) is 7.35. The smallest absolute Gasteiger partial charge is 0.268 e. The summed E-state index contributed by atoms with van der Waals surface area (Å²) in [6, 6.07) is 9.62. The first-order valence-corrected chi connectivity index (χ1v) is 11.6. The highest BCUT2D eigenvalue weighted by Crippen LogP contribution is 2.38. The van der Waals surface area contributed by atoms with E-state index in [1.807, 2.05) is 0 Å². The first-order valence-electron chi connectivity index (χ1n) is 10.2. The molecule has 3 rings (SSSR count). The van der Waals surface area contributed by atoms with Crippen LogP contribution in [-0.2, 0) is 26.2 Å². The van der Waals surface area contributed by atoms with Crippen molar-refractivity contribution < 1.29 is 37.0 Å². The number of rotatable bonds is 9. The van der Waals surface area contributed by atoms with Gasteiger partial charge < -0.3 is 24.3 Å². The number of carbonyl (C=O) groups is 2. The zero-order valence-electron chi connectivity index (χ0n) is 19.5. The molecule has 0 fully saturated rings. The van der Waals surface area contributed by atoms with Crippen LogP contribution in [0.25, 0.3) is 4.91 Å². The fraction of sp³-hybridized carbons (Fsp3) is 0.304. The summed E-state index contributed by atoms with van der Waals surface area (Å²) in [6.07, 6.45) is 0. The van der Waals surface area contributed by atoms with E-state index < -0.39 is 28.4 Å². The predicted octanol–water partition coefficient (Wildman–Crippen LogP) is 1.94. The molecule has 0 unspecified atom stereocenters. The maximum absolute atomic E-state index is 13.1. The molecule has 0 bridgehead atoms. The van der Waals surface area contributed by atoms with E-state index in [4.69, 9.17) is 18.9 Å². The molecule has 0 radical (unpaired) electrons. The van der Waals surface area contributed by atoms with Crippen LogP contribution < -0.4 is 24.3 Å². The lowest BCUT2D eigenvalue weighted by Gasteiger charge is -2.17. The van der Waals surface area contributed by atoms with Gasteiger partial charge in [0.2, 0.25) is 11.7 Å². The van der Waals surface area contributed by atoms with E-state index in [0.29, 0.717) is 38.4 Å². The first-order chi connectivity index (χ1) is 16.2. The topological polar surface area (TPSA) is 120 Å². The van der Waals surface area contributed by atoms with Crippen molar-refractivity contribution in [2.24, 2.45) is 0 Å². The van der Waals surface area contributed by atoms with E-state index in [1.54, 1.807) is 36.4 Å². The average molecular weight is 491 g/mol. The third-order valence-electron chi connectivity index (χ3n) is 5.29. The number of benzene rings is 2. The molecule has 11 heteroatoms. The van der Waals surface area contributed by atoms with E-state index >= 15 is 0 Å². The van der Waals surface area contributed by atoms with Gasteiger partial charge in [0.15, 0.2) is 11.5 Å². The molecule has 0 atom stereocenters. The molecule has 1 aliphatic rings. The summed E-state index contributed by atoms with van der Waals surface area (Å²) in [6.45, 7) is 0.825. The van der Waals surface area contributed by atoms with Gasteiger partial charge >= 0.3 is 0 Å². The highest BCUT2D eigenvalue weighted by Gasteiger charge is 2.43. The van der Waals surface area contributed by atoms with Gasteiger partial charge in [0.1, 0.15) is 17.2 Å². The van der Waals surface area contributed by atoms with Crippen molar-refractivity contribution in [2.45, 2.75) is 13.5 Å². The Morgan fingerprint density at radius 2 is 1.53 bits per heavy atom. The molecule has 0 saturated carbocycles. The van der Waals surface area contributed by atoms with Crippen molar-refractivity contribution in [3.05, 3.63) is 53.1 Å². The highest BCUT2D eigenvalue weighted by atomic mass is 32.2. The number of nitrogens with one attached hydrogen (secondary N) is 1. The molecule has 1 aliphatic heterocycles. The van der Waals surface area contributed by atoms with Crippen molar-refractivity contribution in [1.82, 2.24) is 9.62 Å². The SMILES string of the molecule is COc1ccc(C2=C(C)C(=O)N(CC(=O)NCc3cc(OC)c(OC)c(OC)c3)S2(=O)=O)cc1. The van der Waals surface area contributed by atoms with Crippen LogP contribution in [0.15, 0.2) is 42.0 Å². The zero-order valence-corrected chi connectivity index (χ0v) is 20.3. The maximum Gasteiger partial charge on any atom is 0.268 e. The molecule has 2 amide bonds. The number of ether oxygens (including phenoxy) is 4. The van der Waals surface area contributed by atoms with Gasteiger partial charge in [-0.1, -0.05) is 0 Å². The predicted molar refractivity (Wildman–Crippen MR) is 124 cm³/mol. The Balaban J connectivity index is 1.75. The van der Waals surface area contributed by atoms with E-state index in [-0.39, 0.29) is 17.0 Å². The van der Waals surface area contributed by atoms with Crippen LogP contribution in [0.5, 0.6) is 23.0 Å². The van der Waals surface area contributed by atoms with Crippen LogP contribution in [0.2, 0.25) is 0 Å². The largest absolute Gasteiger partial charge is 0.497 e. The van der Waals surface area contributed by atoms with Gasteiger partial charge in [-0.2, -0.15) is 0 Å². The van der Waals surface area contributed by atoms with Gasteiger partial charge in [-0.15, -0.1) is 0 Å². The average Bonchev–Trinajstić information content (AvgIpc) is 3.00. The molecule has 0 aliphatic carbocycles. The number of sulfonamides is 1. The molecular weight excluding hydrogens is 464 g/mol. The van der Waals surface area contributed by atoms with Gasteiger partial charge in [-0.25, -0.2) is 12.7 Å². The van der Waals surface area contributed by atoms with Crippen molar-refractivity contribution in [3.8, 4) is 23.0 Å². The Hall–Kier alpha value is -3.73. The second kappa shape index (κ2) is 10.0. The minimum absolute atomic E-state index is 0.0441. The lowest BCUT2D eigenvalue weighted by molar-refractivity contribution is -0.128. The second-order valence-corrected chi connectivity index (χ2v) is 9.11. The summed E-state index contributed by atoms with van der Waals surface area (Å²) in [5, 5.41) is 2.62. The number of amides is 2. The summed E-state index contributed by atoms with van der Waals surface area (Å²) >= 11 is 0. The number of hydrogen-bond acceptors (Lipinski definition) is 8. The molecule has 2 aromatic carbocycles. The standard InChI is InChI=1S/C23H26N2O8S/c1-14-22(16-6-8-17(30-2)9-7-16)34(28,29)25(23(14)27)13-20(26)24-12-15-10-18(31-3)21(33-5)19(11-15)32-4/h6-11H,12-13H2,1-5H3,(H,24,26). The van der Waals surface area contributed by atoms with Crippen molar-refractivity contribution in [3.63, 3.8) is 0 Å². The molecule has 34 heavy (non-hydrogen) atoms. The summed E-state index contributed by atoms with van der Waals surface area (Å²) in [4.78, 5) is 25.2. The quantitative estimate of drug-likeness (QED) is 0.566. The second-order valence-electron chi connectivity index (χ2n) is 7.31. The Morgan fingerprint density at radius 1 is 0.941 bits per heavy atom. The molecular formula is C23H26N2O8S. The van der Waals surface area contributed by atoms with Gasteiger partial charge in [0, 0.05) is 12.1 Å². The van der Waals surface area contributed by atoms with Crippen LogP contribution in [0.4, 0.5) is 0 Å². The molecule has 182 valence electrons. The minimum atomic E-state index is -4.20. The summed E-state index contributed by atoms with van der Waals surface area (Å²) in [7, 11) is 1.71. The normalized spacial score (nSPS) is 14.7. The molecule has 1 heterocycles. The number of hydrogen-bond donors (Lipinski definition) is 1. The van der Waals surface area contributed by atoms with Crippen LogP contribution >= 0.6 is 0 Å². The number of carbonyl (C=O) groups excluding carboxylic acids is 2. The third kappa shape index (κ3) is 4.65. The zero-order chi connectivity index (χ0) is 25.0. The van der Waals surface area contributed by atoms with Crippen LogP contribution in [-0.4, -0.2) is 59.5 Å². The minimum Gasteiger partial charge on any atom is -0.497 e. The molecule has 0 aromatic heterocycles. The van der Waals surface area contributed by atoms with E-state index in [2.05, 4.69) is 5.32 Å². The van der Waals surface area contributed by atoms with Crippen molar-refractivity contribution in [1.29, 1.82) is 0 Å². The molecule has 0 spiro atoms. The maximum atomic E-state index is 13.1. The Morgan fingerprint density at radius 3 is 2.03 bits per heavy atom. The number of nitrogens with zero attached hydrogens (tertiary/aromatic N) is 1. The van der Waals surface area contributed by atoms with Crippen LogP contribution in [0.3, 0.4) is 0 Å². The summed E-state index contributed by atoms with van der Waals surface area (Å²) in [5.41, 5.74) is 1.02. The third-order valence-corrected chi connectivity index (χ3v) is 7.22. The van der Waals surface area contributed by atoms with Gasteiger partial charge in [0.05, 0.1) is 28.4 Å². The van der Waals surface area contributed by atoms with Crippen molar-refractivity contribution in [2.75, 3.05) is 35.0 Å². The highest BCUT2D eigenvalue weighted by molar-refractivity contribution is 7.99. The van der Waals surface area contributed by atoms with Crippen LogP contribution in [0.1, 0.15) is 18.1 Å². The molecule has 1 N–H and O–H groups in total. The first kappa shape index (κ1) is 24.9. The molecule has 10 nitrogen and oxygen atoms in total. The van der Waals surface area contributed by atoms with E-state index in [1.165, 1.54) is 35.4 Å². The van der Waals surface area contributed by atoms with Gasteiger partial charge in [0.25, 0.3) is 15.9 Å². The monoisotopic (exact) mass is 490 g/mol. The molecule has 2 aromatic rings. The lowest BCUT2D eigenvalue weighted by Crippen LogP contribution is -2.40. The van der Waals surface area contributed by atoms with E-state index in [9.17, 15) is 18.0 Å². The van der Waals surface area contributed by atoms with Gasteiger partial charge in [-0.05, 0) is 54.4 Å².